The first kappa shape index (κ1) is 15.5. The second kappa shape index (κ2) is 6.74. The van der Waals surface area contributed by atoms with Crippen LogP contribution in [-0.4, -0.2) is 28.4 Å². The summed E-state index contributed by atoms with van der Waals surface area (Å²) in [7, 11) is 0. The van der Waals surface area contributed by atoms with Gasteiger partial charge in [-0.25, -0.2) is 0 Å². The SMILES string of the molecule is NC(=S)CCN(C(=O)Cc1ccc(Cl)c(Cl)c1)C1CC1. The Bertz CT molecular complexity index is 532. The van der Waals surface area contributed by atoms with Crippen LogP contribution in [0.25, 0.3) is 0 Å². The molecule has 1 amide bonds. The van der Waals surface area contributed by atoms with Gasteiger partial charge in [-0.15, -0.1) is 0 Å². The van der Waals surface area contributed by atoms with Crippen molar-refractivity contribution >= 4 is 46.3 Å². The zero-order valence-corrected chi connectivity index (χ0v) is 13.3. The summed E-state index contributed by atoms with van der Waals surface area (Å²) in [4.78, 5) is 14.7. The van der Waals surface area contributed by atoms with Crippen LogP contribution >= 0.6 is 35.4 Å². The first-order chi connectivity index (χ1) is 9.47. The molecule has 1 aromatic rings. The van der Waals surface area contributed by atoms with Crippen LogP contribution in [0.4, 0.5) is 0 Å². The fourth-order valence-electron chi connectivity index (χ4n) is 2.05. The number of amides is 1. The Balaban J connectivity index is 2.00. The summed E-state index contributed by atoms with van der Waals surface area (Å²) in [6, 6.07) is 5.62. The predicted octanol–water partition coefficient (Wildman–Crippen LogP) is 3.20. The summed E-state index contributed by atoms with van der Waals surface area (Å²) in [6.45, 7) is 0.597. The molecular formula is C14H16Cl2N2OS. The molecule has 1 aromatic carbocycles. The summed E-state index contributed by atoms with van der Waals surface area (Å²) in [5.74, 6) is 0.0853. The molecule has 1 fully saturated rings. The van der Waals surface area contributed by atoms with Crippen LogP contribution < -0.4 is 5.73 Å². The standard InChI is InChI=1S/C14H16Cl2N2OS/c15-11-4-1-9(7-12(11)16)8-14(19)18(10-2-3-10)6-5-13(17)20/h1,4,7,10H,2-3,5-6,8H2,(H2,17,20). The average molecular weight is 331 g/mol. The predicted molar refractivity (Wildman–Crippen MR) is 86.3 cm³/mol. The van der Waals surface area contributed by atoms with Gasteiger partial charge in [0.25, 0.3) is 0 Å². The molecule has 6 heteroatoms. The van der Waals surface area contributed by atoms with E-state index in [0.717, 1.165) is 18.4 Å². The van der Waals surface area contributed by atoms with E-state index < -0.39 is 0 Å². The second-order valence-corrected chi connectivity index (χ2v) is 6.30. The Kier molecular flexibility index (Phi) is 5.24. The number of benzene rings is 1. The Morgan fingerprint density at radius 1 is 1.35 bits per heavy atom. The number of carbonyl (C=O) groups is 1. The number of halogens is 2. The molecule has 1 aliphatic rings. The number of nitrogens with zero attached hydrogens (tertiary/aromatic N) is 1. The van der Waals surface area contributed by atoms with Gasteiger partial charge in [-0.2, -0.15) is 0 Å². The molecule has 0 aliphatic heterocycles. The van der Waals surface area contributed by atoms with Crippen LogP contribution in [0, 0.1) is 0 Å². The Hall–Kier alpha value is -0.840. The molecule has 0 spiro atoms. The molecule has 1 saturated carbocycles. The quantitative estimate of drug-likeness (QED) is 0.814. The molecule has 0 atom stereocenters. The third-order valence-corrected chi connectivity index (χ3v) is 4.19. The van der Waals surface area contributed by atoms with Gasteiger partial charge in [0.1, 0.15) is 0 Å². The lowest BCUT2D eigenvalue weighted by Gasteiger charge is -2.22. The summed E-state index contributed by atoms with van der Waals surface area (Å²) < 4.78 is 0. The van der Waals surface area contributed by atoms with E-state index in [9.17, 15) is 4.79 Å². The first-order valence-electron chi connectivity index (χ1n) is 6.49. The molecule has 1 aliphatic carbocycles. The van der Waals surface area contributed by atoms with Crippen LogP contribution in [0.2, 0.25) is 10.0 Å². The van der Waals surface area contributed by atoms with Gasteiger partial charge in [-0.1, -0.05) is 41.5 Å². The number of carbonyl (C=O) groups excluding carboxylic acids is 1. The van der Waals surface area contributed by atoms with E-state index in [1.807, 2.05) is 11.0 Å². The van der Waals surface area contributed by atoms with Crippen molar-refractivity contribution in [3.05, 3.63) is 33.8 Å². The molecule has 2 rings (SSSR count). The van der Waals surface area contributed by atoms with Crippen LogP contribution in [0.5, 0.6) is 0 Å². The van der Waals surface area contributed by atoms with E-state index in [-0.39, 0.29) is 5.91 Å². The molecule has 0 radical (unpaired) electrons. The Morgan fingerprint density at radius 2 is 2.05 bits per heavy atom. The molecule has 2 N–H and O–H groups in total. The highest BCUT2D eigenvalue weighted by atomic mass is 35.5. The van der Waals surface area contributed by atoms with E-state index in [4.69, 9.17) is 41.2 Å². The van der Waals surface area contributed by atoms with Gasteiger partial charge in [0.05, 0.1) is 21.5 Å². The fourth-order valence-corrected chi connectivity index (χ4v) is 2.47. The molecule has 3 nitrogen and oxygen atoms in total. The maximum atomic E-state index is 12.4. The van der Waals surface area contributed by atoms with E-state index in [2.05, 4.69) is 0 Å². The number of hydrogen-bond acceptors (Lipinski definition) is 2. The Labute approximate surface area is 134 Å². The van der Waals surface area contributed by atoms with Crippen LogP contribution in [0.15, 0.2) is 18.2 Å². The van der Waals surface area contributed by atoms with Crippen LogP contribution in [0.1, 0.15) is 24.8 Å². The number of thiocarbonyl (C=S) groups is 1. The summed E-state index contributed by atoms with van der Waals surface area (Å²) in [5.41, 5.74) is 6.38. The molecule has 0 heterocycles. The maximum Gasteiger partial charge on any atom is 0.227 e. The highest BCUT2D eigenvalue weighted by Gasteiger charge is 2.32. The van der Waals surface area contributed by atoms with Gasteiger partial charge >= 0.3 is 0 Å². The van der Waals surface area contributed by atoms with Gasteiger partial charge in [0.15, 0.2) is 0 Å². The van der Waals surface area contributed by atoms with Crippen LogP contribution in [-0.2, 0) is 11.2 Å². The molecule has 0 aromatic heterocycles. The molecule has 0 saturated heterocycles. The zero-order chi connectivity index (χ0) is 14.7. The van der Waals surface area contributed by atoms with Crippen molar-refractivity contribution in [3.8, 4) is 0 Å². The van der Waals surface area contributed by atoms with Crippen molar-refractivity contribution in [2.75, 3.05) is 6.54 Å². The first-order valence-corrected chi connectivity index (χ1v) is 7.65. The third-order valence-electron chi connectivity index (χ3n) is 3.25. The lowest BCUT2D eigenvalue weighted by molar-refractivity contribution is -0.130. The highest BCUT2D eigenvalue weighted by Crippen LogP contribution is 2.28. The van der Waals surface area contributed by atoms with Crippen molar-refractivity contribution in [2.24, 2.45) is 5.73 Å². The average Bonchev–Trinajstić information content (AvgIpc) is 3.18. The van der Waals surface area contributed by atoms with Gasteiger partial charge in [-0.3, -0.25) is 4.79 Å². The number of nitrogens with two attached hydrogens (primary N) is 1. The van der Waals surface area contributed by atoms with Crippen molar-refractivity contribution < 1.29 is 4.79 Å². The topological polar surface area (TPSA) is 46.3 Å². The Morgan fingerprint density at radius 3 is 2.60 bits per heavy atom. The summed E-state index contributed by atoms with van der Waals surface area (Å²) >= 11 is 16.7. The largest absolute Gasteiger partial charge is 0.393 e. The van der Waals surface area contributed by atoms with Gasteiger partial charge in [0.2, 0.25) is 5.91 Å². The lowest BCUT2D eigenvalue weighted by atomic mass is 10.1. The minimum atomic E-state index is 0.0853. The molecule has 20 heavy (non-hydrogen) atoms. The minimum Gasteiger partial charge on any atom is -0.393 e. The smallest absolute Gasteiger partial charge is 0.227 e. The lowest BCUT2D eigenvalue weighted by Crippen LogP contribution is -2.36. The van der Waals surface area contributed by atoms with Gasteiger partial charge < -0.3 is 10.6 Å². The molecule has 108 valence electrons. The van der Waals surface area contributed by atoms with Gasteiger partial charge in [0, 0.05) is 19.0 Å². The maximum absolute atomic E-state index is 12.4. The normalized spacial score (nSPS) is 14.1. The van der Waals surface area contributed by atoms with E-state index >= 15 is 0 Å². The molecule has 0 bridgehead atoms. The summed E-state index contributed by atoms with van der Waals surface area (Å²) in [6.07, 6.45) is 3.01. The van der Waals surface area contributed by atoms with Crippen LogP contribution in [0.3, 0.4) is 0 Å². The minimum absolute atomic E-state index is 0.0853. The molecule has 0 unspecified atom stereocenters. The number of hydrogen-bond donors (Lipinski definition) is 1. The molecular weight excluding hydrogens is 315 g/mol. The van der Waals surface area contributed by atoms with Gasteiger partial charge in [-0.05, 0) is 30.5 Å². The monoisotopic (exact) mass is 330 g/mol. The van der Waals surface area contributed by atoms with Crippen molar-refractivity contribution in [1.29, 1.82) is 0 Å². The fraction of sp³-hybridized carbons (Fsp3) is 0.429. The van der Waals surface area contributed by atoms with E-state index in [1.165, 1.54) is 0 Å². The van der Waals surface area contributed by atoms with Crippen molar-refractivity contribution in [2.45, 2.75) is 31.7 Å². The van der Waals surface area contributed by atoms with Crippen molar-refractivity contribution in [1.82, 2.24) is 4.90 Å². The van der Waals surface area contributed by atoms with E-state index in [1.54, 1.807) is 12.1 Å². The third kappa shape index (κ3) is 4.33. The zero-order valence-electron chi connectivity index (χ0n) is 10.9. The summed E-state index contributed by atoms with van der Waals surface area (Å²) in [5, 5.41) is 0.966. The number of rotatable bonds is 6. The van der Waals surface area contributed by atoms with E-state index in [0.29, 0.717) is 40.5 Å². The van der Waals surface area contributed by atoms with Crippen molar-refractivity contribution in [3.63, 3.8) is 0 Å². The highest BCUT2D eigenvalue weighted by molar-refractivity contribution is 7.80. The second-order valence-electron chi connectivity index (χ2n) is 4.96.